The van der Waals surface area contributed by atoms with Crippen LogP contribution in [0.4, 0.5) is 0 Å². The summed E-state index contributed by atoms with van der Waals surface area (Å²) in [7, 11) is 0. The van der Waals surface area contributed by atoms with Gasteiger partial charge in [-0.25, -0.2) is 10.5 Å². The molecule has 0 aromatic rings. The van der Waals surface area contributed by atoms with Crippen molar-refractivity contribution >= 4 is 12.3 Å². The Labute approximate surface area is 78.5 Å². The molecule has 0 aliphatic rings. The topological polar surface area (TPSA) is 145 Å². The second-order valence-corrected chi connectivity index (χ2v) is 1.30. The third-order valence-corrected chi connectivity index (χ3v) is 0.508. The van der Waals surface area contributed by atoms with Crippen molar-refractivity contribution in [2.45, 2.75) is 0 Å². The van der Waals surface area contributed by atoms with E-state index in [0.29, 0.717) is 0 Å². The zero-order chi connectivity index (χ0) is 10.5. The lowest BCUT2D eigenvalue weighted by atomic mass is 13.2. The Morgan fingerprint density at radius 1 is 0.857 bits per heavy atom. The first-order valence-electron chi connectivity index (χ1n) is 2.27. The highest BCUT2D eigenvalue weighted by molar-refractivity contribution is 7.89. The van der Waals surface area contributed by atoms with Gasteiger partial charge in [0.05, 0.1) is 0 Å². The summed E-state index contributed by atoms with van der Waals surface area (Å²) in [6.45, 7) is 0. The molecule has 0 aromatic carbocycles. The fourth-order valence-electron chi connectivity index (χ4n) is 0.128. The summed E-state index contributed by atoms with van der Waals surface area (Å²) in [5, 5.41) is 35.4. The molecular weight excluding hydrogens is 238 g/mol. The molecule has 14 heteroatoms. The molecular formula is H3NO12S. The molecule has 0 amide bonds. The summed E-state index contributed by atoms with van der Waals surface area (Å²) in [6.07, 6.45) is 0. The minimum atomic E-state index is 0.0225. The van der Waals surface area contributed by atoms with Crippen LogP contribution in [0, 0.1) is 0 Å². The average molecular weight is 241 g/mol. The molecule has 0 saturated heterocycles. The van der Waals surface area contributed by atoms with Gasteiger partial charge in [-0.15, -0.1) is 4.33 Å². The van der Waals surface area contributed by atoms with Gasteiger partial charge in [0.15, 0.2) is 0 Å². The van der Waals surface area contributed by atoms with E-state index in [1.165, 1.54) is 5.64 Å². The Kier molecular flexibility index (Phi) is 12.7. The highest BCUT2D eigenvalue weighted by Crippen LogP contribution is 2.01. The van der Waals surface area contributed by atoms with Crippen LogP contribution < -0.4 is 5.64 Å². The third-order valence-electron chi connectivity index (χ3n) is 0.336. The largest absolute Gasteiger partial charge is 0.237 e. The van der Waals surface area contributed by atoms with Gasteiger partial charge in [0.2, 0.25) is 12.3 Å². The fraction of sp³-hybridized carbons (Fsp3) is 0. The summed E-state index contributed by atoms with van der Waals surface area (Å²) in [6, 6.07) is 0. The van der Waals surface area contributed by atoms with Gasteiger partial charge in [-0.1, -0.05) is 14.3 Å². The molecule has 0 fully saturated rings. The first-order chi connectivity index (χ1) is 6.91. The quantitative estimate of drug-likeness (QED) is 0.184. The van der Waals surface area contributed by atoms with Crippen LogP contribution in [0.5, 0.6) is 0 Å². The normalized spacial score (nSPS) is 10.7. The minimum absolute atomic E-state index is 0.0225. The smallest absolute Gasteiger partial charge is 0.231 e. The van der Waals surface area contributed by atoms with E-state index in [2.05, 4.69) is 48.9 Å². The van der Waals surface area contributed by atoms with Crippen molar-refractivity contribution in [3.05, 3.63) is 0 Å². The molecule has 0 heterocycles. The minimum Gasteiger partial charge on any atom is -0.237 e. The second kappa shape index (κ2) is 12.8. The number of nitrogens with one attached hydrogen (secondary N) is 1. The van der Waals surface area contributed by atoms with E-state index in [-0.39, 0.29) is 12.3 Å². The van der Waals surface area contributed by atoms with Crippen LogP contribution in [0.15, 0.2) is 0 Å². The maximum absolute atomic E-state index is 7.63. The molecule has 0 aromatic heterocycles. The lowest BCUT2D eigenvalue weighted by molar-refractivity contribution is -0.773. The van der Waals surface area contributed by atoms with Crippen molar-refractivity contribution in [2.75, 3.05) is 0 Å². The van der Waals surface area contributed by atoms with Gasteiger partial charge in [0.1, 0.15) is 0 Å². The molecule has 14 heavy (non-hydrogen) atoms. The van der Waals surface area contributed by atoms with E-state index in [1.807, 2.05) is 0 Å². The third kappa shape index (κ3) is 11.8. The Balaban J connectivity index is 2.78. The molecule has 0 rings (SSSR count). The number of rotatable bonds is 11. The number of hydrogen-bond donors (Lipinski definition) is 3. The van der Waals surface area contributed by atoms with Crippen LogP contribution in [0.1, 0.15) is 0 Å². The van der Waals surface area contributed by atoms with E-state index < -0.39 is 0 Å². The number of hydrogen-bond acceptors (Lipinski definition) is 14. The lowest BCUT2D eigenvalue weighted by Gasteiger charge is -1.99. The highest BCUT2D eigenvalue weighted by Gasteiger charge is 1.94. The van der Waals surface area contributed by atoms with Crippen LogP contribution >= 0.6 is 12.3 Å². The SMILES string of the molecule is OOOOOONOOOOSOO. The van der Waals surface area contributed by atoms with E-state index in [0.717, 1.165) is 0 Å². The fourth-order valence-corrected chi connectivity index (χ4v) is 0.199. The van der Waals surface area contributed by atoms with E-state index in [4.69, 9.17) is 10.5 Å². The Hall–Kier alpha value is -0.170. The molecule has 0 aliphatic carbocycles. The molecule has 0 aliphatic heterocycles. The predicted molar refractivity (Wildman–Crippen MR) is 26.8 cm³/mol. The molecule has 0 spiro atoms. The molecule has 0 unspecified atom stereocenters. The van der Waals surface area contributed by atoms with Gasteiger partial charge in [-0.2, -0.15) is 0 Å². The van der Waals surface area contributed by atoms with Gasteiger partial charge in [0, 0.05) is 0 Å². The van der Waals surface area contributed by atoms with Crippen molar-refractivity contribution in [2.24, 2.45) is 0 Å². The van der Waals surface area contributed by atoms with Crippen molar-refractivity contribution in [1.82, 2.24) is 5.64 Å². The van der Waals surface area contributed by atoms with Crippen molar-refractivity contribution < 1.29 is 59.4 Å². The van der Waals surface area contributed by atoms with Crippen molar-refractivity contribution in [3.8, 4) is 0 Å². The van der Waals surface area contributed by atoms with Crippen LogP contribution in [0.3, 0.4) is 0 Å². The summed E-state index contributed by atoms with van der Waals surface area (Å²) in [5.41, 5.74) is 1.42. The highest BCUT2D eigenvalue weighted by atomic mass is 32.2. The summed E-state index contributed by atoms with van der Waals surface area (Å²) >= 11 is 0.0225. The zero-order valence-electron chi connectivity index (χ0n) is 5.89. The molecule has 0 radical (unpaired) electrons. The first-order valence-corrected chi connectivity index (χ1v) is 2.94. The van der Waals surface area contributed by atoms with Gasteiger partial charge < -0.3 is 0 Å². The predicted octanol–water partition coefficient (Wildman–Crippen LogP) is -0.514. The molecule has 13 nitrogen and oxygen atoms in total. The van der Waals surface area contributed by atoms with Gasteiger partial charge in [0.25, 0.3) is 0 Å². The van der Waals surface area contributed by atoms with Crippen LogP contribution in [0.25, 0.3) is 0 Å². The van der Waals surface area contributed by atoms with Gasteiger partial charge in [-0.05, 0) is 35.9 Å². The molecule has 0 saturated carbocycles. The maximum atomic E-state index is 7.63. The zero-order valence-corrected chi connectivity index (χ0v) is 6.70. The summed E-state index contributed by atoms with van der Waals surface area (Å²) in [5.74, 6) is 0. The molecule has 86 valence electrons. The van der Waals surface area contributed by atoms with E-state index >= 15 is 0 Å². The Morgan fingerprint density at radius 2 is 1.57 bits per heavy atom. The van der Waals surface area contributed by atoms with Crippen LogP contribution in [0.2, 0.25) is 0 Å². The van der Waals surface area contributed by atoms with Crippen LogP contribution in [-0.4, -0.2) is 10.5 Å². The molecule has 3 N–H and O–H groups in total. The second-order valence-electron chi connectivity index (χ2n) is 0.875. The van der Waals surface area contributed by atoms with Crippen molar-refractivity contribution in [3.63, 3.8) is 0 Å². The summed E-state index contributed by atoms with van der Waals surface area (Å²) < 4.78 is 7.08. The lowest BCUT2D eigenvalue weighted by Crippen LogP contribution is -2.16. The maximum Gasteiger partial charge on any atom is 0.231 e. The average Bonchev–Trinajstić information content (AvgIpc) is 2.21. The summed E-state index contributed by atoms with van der Waals surface area (Å²) in [4.78, 5) is 7.41. The Morgan fingerprint density at radius 3 is 2.21 bits per heavy atom. The Bertz CT molecular complexity index is 84.3. The van der Waals surface area contributed by atoms with Crippen LogP contribution in [-0.2, 0) is 48.9 Å². The first kappa shape index (κ1) is 13.8. The molecule has 0 bridgehead atoms. The van der Waals surface area contributed by atoms with E-state index in [9.17, 15) is 0 Å². The molecule has 0 atom stereocenters. The standard InChI is InChI=1S/H3NO12S/c2-6-10-11-8-4-1-5-9-12-13-14-7-3/h1-3H. The van der Waals surface area contributed by atoms with E-state index in [1.54, 1.807) is 0 Å². The van der Waals surface area contributed by atoms with Gasteiger partial charge in [-0.3, -0.25) is 0 Å². The van der Waals surface area contributed by atoms with Gasteiger partial charge >= 0.3 is 0 Å². The monoisotopic (exact) mass is 241 g/mol. The van der Waals surface area contributed by atoms with Crippen molar-refractivity contribution in [1.29, 1.82) is 0 Å².